The third-order valence-electron chi connectivity index (χ3n) is 5.52. The molecule has 2 atom stereocenters. The first-order valence-electron chi connectivity index (χ1n) is 10.1. The van der Waals surface area contributed by atoms with Crippen LogP contribution in [0.3, 0.4) is 0 Å². The summed E-state index contributed by atoms with van der Waals surface area (Å²) in [6.45, 7) is 3.95. The predicted molar refractivity (Wildman–Crippen MR) is 113 cm³/mol. The Kier molecular flexibility index (Phi) is 5.47. The molecule has 0 saturated heterocycles. The van der Waals surface area contributed by atoms with E-state index in [1.807, 2.05) is 50.2 Å². The number of rotatable bonds is 4. The first kappa shape index (κ1) is 21.0. The van der Waals surface area contributed by atoms with Crippen molar-refractivity contribution in [3.63, 3.8) is 0 Å². The molecule has 1 aliphatic rings. The highest BCUT2D eigenvalue weighted by molar-refractivity contribution is 6.03. The highest BCUT2D eigenvalue weighted by Crippen LogP contribution is 2.43. The Morgan fingerprint density at radius 1 is 1.16 bits per heavy atom. The summed E-state index contributed by atoms with van der Waals surface area (Å²) in [4.78, 5) is 12.6. The molecule has 31 heavy (non-hydrogen) atoms. The SMILES string of the molecule is CCc1ccc(NC(=O)c2cc3n(n2)[C@@H](C(F)(F)F)C[C@H](c2ccc(C)cc2)N3)cc1. The zero-order valence-corrected chi connectivity index (χ0v) is 17.2. The molecule has 2 aromatic carbocycles. The van der Waals surface area contributed by atoms with Crippen LogP contribution in [0.1, 0.15) is 52.6 Å². The molecule has 3 aromatic rings. The molecule has 1 aromatic heterocycles. The summed E-state index contributed by atoms with van der Waals surface area (Å²) in [6.07, 6.45) is -3.83. The molecule has 0 bridgehead atoms. The van der Waals surface area contributed by atoms with Crippen LogP contribution in [-0.4, -0.2) is 21.9 Å². The van der Waals surface area contributed by atoms with Gasteiger partial charge in [0.25, 0.3) is 5.91 Å². The van der Waals surface area contributed by atoms with Gasteiger partial charge in [-0.15, -0.1) is 0 Å². The van der Waals surface area contributed by atoms with Crippen LogP contribution in [0.15, 0.2) is 54.6 Å². The highest BCUT2D eigenvalue weighted by atomic mass is 19.4. The molecule has 0 aliphatic carbocycles. The van der Waals surface area contributed by atoms with Crippen LogP contribution in [0, 0.1) is 6.92 Å². The van der Waals surface area contributed by atoms with Crippen molar-refractivity contribution in [1.82, 2.24) is 9.78 Å². The largest absolute Gasteiger partial charge is 0.410 e. The van der Waals surface area contributed by atoms with Crippen LogP contribution in [0.5, 0.6) is 0 Å². The number of amides is 1. The molecular weight excluding hydrogens is 405 g/mol. The minimum atomic E-state index is -4.49. The number of aromatic nitrogens is 2. The molecule has 0 spiro atoms. The van der Waals surface area contributed by atoms with Crippen LogP contribution in [0.4, 0.5) is 24.7 Å². The van der Waals surface area contributed by atoms with Crippen molar-refractivity contribution < 1.29 is 18.0 Å². The van der Waals surface area contributed by atoms with Gasteiger partial charge < -0.3 is 10.6 Å². The van der Waals surface area contributed by atoms with Crippen molar-refractivity contribution in [3.05, 3.63) is 77.0 Å². The number of carbonyl (C=O) groups is 1. The van der Waals surface area contributed by atoms with Crippen molar-refractivity contribution >= 4 is 17.4 Å². The van der Waals surface area contributed by atoms with Crippen LogP contribution in [0.25, 0.3) is 0 Å². The van der Waals surface area contributed by atoms with Crippen LogP contribution < -0.4 is 10.6 Å². The van der Waals surface area contributed by atoms with Gasteiger partial charge in [0.05, 0.1) is 6.04 Å². The third kappa shape index (κ3) is 4.42. The number of carbonyl (C=O) groups excluding carboxylic acids is 1. The van der Waals surface area contributed by atoms with E-state index in [1.54, 1.807) is 12.1 Å². The van der Waals surface area contributed by atoms with E-state index in [-0.39, 0.29) is 17.9 Å². The van der Waals surface area contributed by atoms with Gasteiger partial charge in [0.1, 0.15) is 5.82 Å². The van der Waals surface area contributed by atoms with Gasteiger partial charge in [-0.1, -0.05) is 48.9 Å². The molecule has 5 nitrogen and oxygen atoms in total. The van der Waals surface area contributed by atoms with Crippen molar-refractivity contribution in [2.75, 3.05) is 10.6 Å². The molecule has 0 saturated carbocycles. The van der Waals surface area contributed by atoms with Crippen molar-refractivity contribution in [2.24, 2.45) is 0 Å². The number of nitrogens with one attached hydrogen (secondary N) is 2. The van der Waals surface area contributed by atoms with E-state index in [9.17, 15) is 18.0 Å². The van der Waals surface area contributed by atoms with E-state index < -0.39 is 24.2 Å². The minimum Gasteiger partial charge on any atom is -0.363 e. The Bertz CT molecular complexity index is 1070. The summed E-state index contributed by atoms with van der Waals surface area (Å²) >= 11 is 0. The molecular formula is C23H23F3N4O. The Balaban J connectivity index is 1.61. The summed E-state index contributed by atoms with van der Waals surface area (Å²) in [7, 11) is 0. The maximum atomic E-state index is 13.8. The maximum absolute atomic E-state index is 13.8. The standard InChI is InChI=1S/C23H23F3N4O/c1-3-15-6-10-17(11-7-15)27-22(31)19-13-21-28-18(16-8-4-14(2)5-9-16)12-20(23(24,25)26)30(21)29-19/h4-11,13,18,20,28H,3,12H2,1-2H3,(H,27,31)/t18-,20-/m1/s1. The van der Waals surface area contributed by atoms with Gasteiger partial charge in [-0.3, -0.25) is 4.79 Å². The van der Waals surface area contributed by atoms with Gasteiger partial charge >= 0.3 is 6.18 Å². The number of halogens is 3. The molecule has 8 heteroatoms. The number of hydrogen-bond donors (Lipinski definition) is 2. The van der Waals surface area contributed by atoms with Crippen LogP contribution in [-0.2, 0) is 6.42 Å². The second kappa shape index (κ2) is 8.09. The Labute approximate surface area is 178 Å². The van der Waals surface area contributed by atoms with Gasteiger partial charge in [0.2, 0.25) is 0 Å². The number of aryl methyl sites for hydroxylation is 2. The van der Waals surface area contributed by atoms with Gasteiger partial charge in [-0.05, 0) is 36.6 Å². The van der Waals surface area contributed by atoms with E-state index in [4.69, 9.17) is 0 Å². The van der Waals surface area contributed by atoms with Crippen molar-refractivity contribution in [2.45, 2.75) is 44.9 Å². The fourth-order valence-corrected chi connectivity index (χ4v) is 3.72. The number of nitrogens with zero attached hydrogens (tertiary/aromatic N) is 2. The molecule has 162 valence electrons. The second-order valence-corrected chi connectivity index (χ2v) is 7.76. The van der Waals surface area contributed by atoms with Gasteiger partial charge in [-0.25, -0.2) is 4.68 Å². The molecule has 0 radical (unpaired) electrons. The number of alkyl halides is 3. The van der Waals surface area contributed by atoms with E-state index in [1.165, 1.54) is 6.07 Å². The minimum absolute atomic E-state index is 0.0686. The van der Waals surface area contributed by atoms with E-state index in [0.717, 1.165) is 27.8 Å². The molecule has 0 unspecified atom stereocenters. The Hall–Kier alpha value is -3.29. The molecule has 1 amide bonds. The first-order chi connectivity index (χ1) is 14.7. The molecule has 4 rings (SSSR count). The summed E-state index contributed by atoms with van der Waals surface area (Å²) in [5, 5.41) is 9.80. The number of anilines is 2. The van der Waals surface area contributed by atoms with Gasteiger partial charge in [-0.2, -0.15) is 18.3 Å². The zero-order chi connectivity index (χ0) is 22.2. The van der Waals surface area contributed by atoms with Crippen LogP contribution >= 0.6 is 0 Å². The third-order valence-corrected chi connectivity index (χ3v) is 5.52. The van der Waals surface area contributed by atoms with Crippen molar-refractivity contribution in [3.8, 4) is 0 Å². The topological polar surface area (TPSA) is 59.0 Å². The van der Waals surface area contributed by atoms with E-state index in [2.05, 4.69) is 15.7 Å². The average molecular weight is 428 g/mol. The molecule has 2 heterocycles. The van der Waals surface area contributed by atoms with Gasteiger partial charge in [0, 0.05) is 18.2 Å². The average Bonchev–Trinajstić information content (AvgIpc) is 3.17. The lowest BCUT2D eigenvalue weighted by Gasteiger charge is -2.33. The Morgan fingerprint density at radius 2 is 1.84 bits per heavy atom. The lowest BCUT2D eigenvalue weighted by molar-refractivity contribution is -0.173. The summed E-state index contributed by atoms with van der Waals surface area (Å²) in [5.74, 6) is -0.383. The molecule has 1 aliphatic heterocycles. The number of benzene rings is 2. The van der Waals surface area contributed by atoms with Crippen molar-refractivity contribution in [1.29, 1.82) is 0 Å². The summed E-state index contributed by atoms with van der Waals surface area (Å²) in [5.41, 5.74) is 3.40. The lowest BCUT2D eigenvalue weighted by Crippen LogP contribution is -2.35. The van der Waals surface area contributed by atoms with Crippen LogP contribution in [0.2, 0.25) is 0 Å². The summed E-state index contributed by atoms with van der Waals surface area (Å²) < 4.78 is 42.3. The normalized spacial score (nSPS) is 18.2. The van der Waals surface area contributed by atoms with E-state index >= 15 is 0 Å². The monoisotopic (exact) mass is 428 g/mol. The smallest absolute Gasteiger partial charge is 0.363 e. The molecule has 2 N–H and O–H groups in total. The quantitative estimate of drug-likeness (QED) is 0.563. The fraction of sp³-hybridized carbons (Fsp3) is 0.304. The predicted octanol–water partition coefficient (Wildman–Crippen LogP) is 5.67. The first-order valence-corrected chi connectivity index (χ1v) is 10.1. The van der Waals surface area contributed by atoms with Gasteiger partial charge in [0.15, 0.2) is 11.7 Å². The second-order valence-electron chi connectivity index (χ2n) is 7.76. The number of fused-ring (bicyclic) bond motifs is 1. The maximum Gasteiger partial charge on any atom is 0.410 e. The lowest BCUT2D eigenvalue weighted by atomic mass is 9.96. The Morgan fingerprint density at radius 3 is 2.45 bits per heavy atom. The van der Waals surface area contributed by atoms with E-state index in [0.29, 0.717) is 5.69 Å². The highest BCUT2D eigenvalue weighted by Gasteiger charge is 2.46. The summed E-state index contributed by atoms with van der Waals surface area (Å²) in [6, 6.07) is 13.7. The molecule has 0 fully saturated rings. The zero-order valence-electron chi connectivity index (χ0n) is 17.2. The fourth-order valence-electron chi connectivity index (χ4n) is 3.72. The number of hydrogen-bond acceptors (Lipinski definition) is 3.